The predicted molar refractivity (Wildman–Crippen MR) is 108 cm³/mol. The molecule has 0 aliphatic heterocycles. The summed E-state index contributed by atoms with van der Waals surface area (Å²) in [5, 5.41) is 20.4. The average Bonchev–Trinajstić information content (AvgIpc) is 3.36. The fraction of sp³-hybridized carbons (Fsp3) is 0.333. The van der Waals surface area contributed by atoms with Crippen LogP contribution >= 0.6 is 0 Å². The molecule has 29 heavy (non-hydrogen) atoms. The second kappa shape index (κ2) is 8.72. The van der Waals surface area contributed by atoms with Crippen molar-refractivity contribution in [3.63, 3.8) is 0 Å². The zero-order valence-corrected chi connectivity index (χ0v) is 16.8. The fourth-order valence-corrected chi connectivity index (χ4v) is 3.32. The van der Waals surface area contributed by atoms with Crippen LogP contribution in [0.1, 0.15) is 64.8 Å². The smallest absolute Gasteiger partial charge is 0.356 e. The molecule has 0 unspecified atom stereocenters. The Balaban J connectivity index is 1.70. The number of rotatable bonds is 8. The largest absolute Gasteiger partial charge is 0.476 e. The van der Waals surface area contributed by atoms with Gasteiger partial charge in [-0.1, -0.05) is 26.0 Å². The van der Waals surface area contributed by atoms with Gasteiger partial charge in [-0.15, -0.1) is 0 Å². The molecule has 2 heterocycles. The molecule has 3 aromatic rings. The molecule has 0 saturated carbocycles. The number of carbonyl (C=O) groups is 2. The van der Waals surface area contributed by atoms with Crippen molar-refractivity contribution in [2.24, 2.45) is 0 Å². The van der Waals surface area contributed by atoms with E-state index in [1.165, 1.54) is 10.7 Å². The second-order valence-corrected chi connectivity index (χ2v) is 6.86. The van der Waals surface area contributed by atoms with Crippen molar-refractivity contribution in [3.8, 4) is 5.69 Å². The van der Waals surface area contributed by atoms with Gasteiger partial charge in [-0.25, -0.2) is 9.48 Å². The van der Waals surface area contributed by atoms with Crippen molar-refractivity contribution < 1.29 is 14.7 Å². The first-order chi connectivity index (χ1) is 13.9. The molecular formula is C21H25N5O3. The lowest BCUT2D eigenvalue weighted by Gasteiger charge is -2.15. The van der Waals surface area contributed by atoms with Gasteiger partial charge in [0.25, 0.3) is 5.91 Å². The molecule has 0 atom stereocenters. The third-order valence-corrected chi connectivity index (χ3v) is 5.01. The molecule has 0 saturated heterocycles. The normalized spacial score (nSPS) is 11.0. The number of hydrogen-bond donors (Lipinski definition) is 2. The number of benzene rings is 1. The number of aromatic carboxylic acids is 1. The lowest BCUT2D eigenvalue weighted by Crippen LogP contribution is -2.23. The summed E-state index contributed by atoms with van der Waals surface area (Å²) in [7, 11) is 0. The molecule has 1 aromatic carbocycles. The van der Waals surface area contributed by atoms with Crippen LogP contribution in [-0.4, -0.2) is 36.5 Å². The van der Waals surface area contributed by atoms with Crippen LogP contribution in [-0.2, 0) is 6.54 Å². The summed E-state index contributed by atoms with van der Waals surface area (Å²) in [6, 6.07) is 9.16. The van der Waals surface area contributed by atoms with Gasteiger partial charge in [0.1, 0.15) is 0 Å². The van der Waals surface area contributed by atoms with Crippen LogP contribution in [0.4, 0.5) is 0 Å². The Morgan fingerprint density at radius 3 is 2.62 bits per heavy atom. The first kappa shape index (κ1) is 20.3. The molecule has 0 spiro atoms. The molecule has 3 rings (SSSR count). The molecule has 2 N–H and O–H groups in total. The minimum Gasteiger partial charge on any atom is -0.476 e. The number of nitrogens with zero attached hydrogens (tertiary/aromatic N) is 4. The Kier molecular flexibility index (Phi) is 6.11. The van der Waals surface area contributed by atoms with E-state index in [4.69, 9.17) is 5.11 Å². The molecule has 0 aliphatic carbocycles. The summed E-state index contributed by atoms with van der Waals surface area (Å²) < 4.78 is 3.42. The Labute approximate surface area is 169 Å². The van der Waals surface area contributed by atoms with Gasteiger partial charge in [-0.3, -0.25) is 9.48 Å². The van der Waals surface area contributed by atoms with Crippen LogP contribution in [0, 0.1) is 6.92 Å². The number of nitrogens with one attached hydrogen (secondary N) is 1. The minimum absolute atomic E-state index is 0.0198. The van der Waals surface area contributed by atoms with Crippen LogP contribution in [0.15, 0.2) is 42.7 Å². The van der Waals surface area contributed by atoms with Crippen LogP contribution in [0.3, 0.4) is 0 Å². The fourth-order valence-electron chi connectivity index (χ4n) is 3.32. The number of amides is 1. The Bertz CT molecular complexity index is 1020. The van der Waals surface area contributed by atoms with Crippen molar-refractivity contribution in [3.05, 3.63) is 65.2 Å². The van der Waals surface area contributed by atoms with Gasteiger partial charge in [0.05, 0.1) is 23.5 Å². The first-order valence-corrected chi connectivity index (χ1v) is 9.65. The SMILES string of the molecule is CCC(CC)n1ncc(C(=O)NCc2cccc(-n3ccc(C(=O)O)n3)c2)c1C. The van der Waals surface area contributed by atoms with E-state index >= 15 is 0 Å². The van der Waals surface area contributed by atoms with E-state index in [0.29, 0.717) is 12.1 Å². The van der Waals surface area contributed by atoms with Crippen molar-refractivity contribution in [1.29, 1.82) is 0 Å². The molecule has 8 heteroatoms. The van der Waals surface area contributed by atoms with E-state index in [1.807, 2.05) is 35.9 Å². The van der Waals surface area contributed by atoms with E-state index in [9.17, 15) is 9.59 Å². The van der Waals surface area contributed by atoms with E-state index in [0.717, 1.165) is 29.8 Å². The summed E-state index contributed by atoms with van der Waals surface area (Å²) in [5.74, 6) is -1.24. The molecule has 0 radical (unpaired) electrons. The molecular weight excluding hydrogens is 370 g/mol. The zero-order valence-electron chi connectivity index (χ0n) is 16.8. The van der Waals surface area contributed by atoms with Crippen LogP contribution in [0.2, 0.25) is 0 Å². The summed E-state index contributed by atoms with van der Waals surface area (Å²) in [5.41, 5.74) is 3.03. The van der Waals surface area contributed by atoms with E-state index in [1.54, 1.807) is 12.4 Å². The van der Waals surface area contributed by atoms with Gasteiger partial charge in [0.2, 0.25) is 0 Å². The maximum atomic E-state index is 12.6. The van der Waals surface area contributed by atoms with Crippen molar-refractivity contribution >= 4 is 11.9 Å². The standard InChI is InChI=1S/C21H25N5O3/c1-4-16(5-2)26-14(3)18(13-23-26)20(27)22-12-15-7-6-8-17(11-15)25-10-9-19(24-25)21(28)29/h6-11,13,16H,4-5,12H2,1-3H3,(H,22,27)(H,28,29). The van der Waals surface area contributed by atoms with Crippen molar-refractivity contribution in [2.75, 3.05) is 0 Å². The van der Waals surface area contributed by atoms with Gasteiger partial charge in [-0.05, 0) is 43.5 Å². The van der Waals surface area contributed by atoms with Crippen molar-refractivity contribution in [1.82, 2.24) is 24.9 Å². The van der Waals surface area contributed by atoms with Gasteiger partial charge >= 0.3 is 5.97 Å². The van der Waals surface area contributed by atoms with Gasteiger partial charge in [0, 0.05) is 18.4 Å². The lowest BCUT2D eigenvalue weighted by molar-refractivity contribution is 0.0689. The zero-order chi connectivity index (χ0) is 21.0. The molecule has 8 nitrogen and oxygen atoms in total. The minimum atomic E-state index is -1.07. The number of carboxylic acids is 1. The summed E-state index contributed by atoms with van der Waals surface area (Å²) in [6.45, 7) is 6.48. The molecule has 2 aromatic heterocycles. The third-order valence-electron chi connectivity index (χ3n) is 5.01. The molecule has 0 fully saturated rings. The summed E-state index contributed by atoms with van der Waals surface area (Å²) >= 11 is 0. The Morgan fingerprint density at radius 2 is 1.97 bits per heavy atom. The summed E-state index contributed by atoms with van der Waals surface area (Å²) in [4.78, 5) is 23.6. The van der Waals surface area contributed by atoms with Crippen LogP contribution < -0.4 is 5.32 Å². The molecule has 0 bridgehead atoms. The van der Waals surface area contributed by atoms with E-state index in [2.05, 4.69) is 29.4 Å². The first-order valence-electron chi connectivity index (χ1n) is 9.65. The molecule has 152 valence electrons. The van der Waals surface area contributed by atoms with E-state index < -0.39 is 5.97 Å². The van der Waals surface area contributed by atoms with Gasteiger partial charge < -0.3 is 10.4 Å². The topological polar surface area (TPSA) is 102 Å². The highest BCUT2D eigenvalue weighted by Crippen LogP contribution is 2.19. The average molecular weight is 395 g/mol. The number of hydrogen-bond acceptors (Lipinski definition) is 4. The van der Waals surface area contributed by atoms with Gasteiger partial charge in [-0.2, -0.15) is 10.2 Å². The highest BCUT2D eigenvalue weighted by atomic mass is 16.4. The van der Waals surface area contributed by atoms with Gasteiger partial charge in [0.15, 0.2) is 5.69 Å². The highest BCUT2D eigenvalue weighted by Gasteiger charge is 2.17. The van der Waals surface area contributed by atoms with Crippen LogP contribution in [0.25, 0.3) is 5.69 Å². The third kappa shape index (κ3) is 4.37. The monoisotopic (exact) mass is 395 g/mol. The number of carboxylic acid groups (broad SMARTS) is 1. The van der Waals surface area contributed by atoms with E-state index in [-0.39, 0.29) is 17.6 Å². The number of aromatic nitrogens is 4. The van der Waals surface area contributed by atoms with Crippen molar-refractivity contribution in [2.45, 2.75) is 46.2 Å². The highest BCUT2D eigenvalue weighted by molar-refractivity contribution is 5.95. The summed E-state index contributed by atoms with van der Waals surface area (Å²) in [6.07, 6.45) is 5.14. The van der Waals surface area contributed by atoms with Crippen LogP contribution in [0.5, 0.6) is 0 Å². The Hall–Kier alpha value is -3.42. The number of carbonyl (C=O) groups excluding carboxylic acids is 1. The Morgan fingerprint density at radius 1 is 1.21 bits per heavy atom. The lowest BCUT2D eigenvalue weighted by atomic mass is 10.1. The quantitative estimate of drug-likeness (QED) is 0.609. The molecule has 1 amide bonds. The predicted octanol–water partition coefficient (Wildman–Crippen LogP) is 3.37. The maximum absolute atomic E-state index is 12.6. The second-order valence-electron chi connectivity index (χ2n) is 6.86. The molecule has 0 aliphatic rings. The maximum Gasteiger partial charge on any atom is 0.356 e.